The highest BCUT2D eigenvalue weighted by Crippen LogP contribution is 2.48. The van der Waals surface area contributed by atoms with Crippen LogP contribution in [0.5, 0.6) is 11.5 Å². The molecule has 11 heteroatoms. The number of carbonyl (C=O) groups excluding carboxylic acids is 1. The Hall–Kier alpha value is -4.48. The Balaban J connectivity index is 0.000000777. The van der Waals surface area contributed by atoms with Crippen LogP contribution >= 0.6 is 0 Å². The second-order valence-electron chi connectivity index (χ2n) is 11.1. The van der Waals surface area contributed by atoms with Gasteiger partial charge in [-0.05, 0) is 61.3 Å². The van der Waals surface area contributed by atoms with Crippen LogP contribution in [0, 0.1) is 11.7 Å². The smallest absolute Gasteiger partial charge is 0.256 e. The topological polar surface area (TPSA) is 126 Å². The van der Waals surface area contributed by atoms with Gasteiger partial charge in [-0.1, -0.05) is 24.3 Å². The SMILES string of the molecule is CN=CN.CNCCNC(=O)c1cn2c3c(c(N4CC5CCCNC5C4)c(F)cc3c1=O)Oc1cc3ccccc3cc1-2. The summed E-state index contributed by atoms with van der Waals surface area (Å²) in [5, 5.41) is 11.4. The zero-order valence-electron chi connectivity index (χ0n) is 24.3. The summed E-state index contributed by atoms with van der Waals surface area (Å²) in [5.41, 5.74) is 5.74. The Morgan fingerprint density at radius 2 is 1.98 bits per heavy atom. The van der Waals surface area contributed by atoms with Crippen LogP contribution in [-0.4, -0.2) is 69.7 Å². The van der Waals surface area contributed by atoms with Crippen molar-refractivity contribution in [1.82, 2.24) is 20.5 Å². The normalized spacial score (nSPS) is 18.6. The lowest BCUT2D eigenvalue weighted by Gasteiger charge is -2.29. The number of benzene rings is 3. The summed E-state index contributed by atoms with van der Waals surface area (Å²) >= 11 is 0. The predicted octanol–water partition coefficient (Wildman–Crippen LogP) is 3.13. The summed E-state index contributed by atoms with van der Waals surface area (Å²) < 4.78 is 24.4. The van der Waals surface area contributed by atoms with Gasteiger partial charge in [0.15, 0.2) is 17.3 Å². The fourth-order valence-corrected chi connectivity index (χ4v) is 6.37. The van der Waals surface area contributed by atoms with Gasteiger partial charge in [-0.15, -0.1) is 0 Å². The van der Waals surface area contributed by atoms with Crippen molar-refractivity contribution in [2.24, 2.45) is 16.6 Å². The molecule has 7 rings (SSSR count). The molecule has 2 atom stereocenters. The summed E-state index contributed by atoms with van der Waals surface area (Å²) in [5.74, 6) is 0.305. The van der Waals surface area contributed by atoms with Gasteiger partial charge in [0.25, 0.3) is 5.91 Å². The Labute approximate surface area is 248 Å². The van der Waals surface area contributed by atoms with Gasteiger partial charge in [0.05, 0.1) is 17.4 Å². The number of aromatic nitrogens is 1. The Kier molecular flexibility index (Phi) is 8.00. The maximum Gasteiger partial charge on any atom is 0.256 e. The van der Waals surface area contributed by atoms with Crippen molar-refractivity contribution in [1.29, 1.82) is 0 Å². The van der Waals surface area contributed by atoms with E-state index in [4.69, 9.17) is 10.5 Å². The minimum absolute atomic E-state index is 0.0332. The molecule has 0 radical (unpaired) electrons. The number of anilines is 1. The lowest BCUT2D eigenvalue weighted by atomic mass is 9.94. The number of likely N-dealkylation sites (N-methyl/N-ethyl adjacent to an activating group) is 1. The monoisotopic (exact) mass is 585 g/mol. The highest BCUT2D eigenvalue weighted by molar-refractivity contribution is 6.02. The number of rotatable bonds is 5. The molecule has 4 aromatic rings. The number of nitrogens with zero attached hydrogens (tertiary/aromatic N) is 3. The molecule has 0 bridgehead atoms. The summed E-state index contributed by atoms with van der Waals surface area (Å²) in [7, 11) is 3.41. The lowest BCUT2D eigenvalue weighted by molar-refractivity contribution is 0.0952. The number of piperidine rings is 1. The highest BCUT2D eigenvalue weighted by atomic mass is 19.1. The molecule has 1 amide bonds. The molecule has 3 aliphatic rings. The molecule has 3 aromatic carbocycles. The zero-order chi connectivity index (χ0) is 30.1. The number of nitrogens with two attached hydrogens (primary N) is 1. The molecule has 2 fully saturated rings. The van der Waals surface area contributed by atoms with E-state index in [9.17, 15) is 9.59 Å². The molecule has 1 aromatic heterocycles. The first kappa shape index (κ1) is 28.6. The number of pyridine rings is 1. The van der Waals surface area contributed by atoms with Crippen molar-refractivity contribution >= 4 is 39.6 Å². The average molecular weight is 586 g/mol. The van der Waals surface area contributed by atoms with Gasteiger partial charge in [-0.25, -0.2) is 4.39 Å². The van der Waals surface area contributed by atoms with Crippen LogP contribution in [-0.2, 0) is 0 Å². The molecule has 4 heterocycles. The third-order valence-electron chi connectivity index (χ3n) is 8.44. The molecule has 0 spiro atoms. The largest absolute Gasteiger partial charge is 0.451 e. The van der Waals surface area contributed by atoms with E-state index in [1.165, 1.54) is 12.4 Å². The molecule has 2 saturated heterocycles. The van der Waals surface area contributed by atoms with Crippen molar-refractivity contribution in [3.63, 3.8) is 0 Å². The van der Waals surface area contributed by atoms with E-state index in [0.717, 1.165) is 36.7 Å². The fraction of sp³-hybridized carbons (Fsp3) is 0.344. The van der Waals surface area contributed by atoms with E-state index in [2.05, 4.69) is 25.8 Å². The third kappa shape index (κ3) is 5.19. The van der Waals surface area contributed by atoms with Crippen LogP contribution in [0.3, 0.4) is 0 Å². The minimum Gasteiger partial charge on any atom is -0.451 e. The molecular weight excluding hydrogens is 549 g/mol. The van der Waals surface area contributed by atoms with Gasteiger partial charge in [0.1, 0.15) is 16.8 Å². The van der Waals surface area contributed by atoms with Crippen LogP contribution in [0.2, 0.25) is 0 Å². The first-order valence-corrected chi connectivity index (χ1v) is 14.6. The van der Waals surface area contributed by atoms with E-state index < -0.39 is 17.2 Å². The van der Waals surface area contributed by atoms with Gasteiger partial charge in [-0.2, -0.15) is 0 Å². The molecular formula is C32H36FN7O3. The van der Waals surface area contributed by atoms with E-state index in [0.29, 0.717) is 60.0 Å². The Morgan fingerprint density at radius 1 is 1.21 bits per heavy atom. The number of hydrogen-bond acceptors (Lipinski definition) is 7. The fourth-order valence-electron chi connectivity index (χ4n) is 6.37. The zero-order valence-corrected chi connectivity index (χ0v) is 24.3. The number of aliphatic imine (C=N–C) groups is 1. The Bertz CT molecular complexity index is 1770. The molecule has 224 valence electrons. The second kappa shape index (κ2) is 12.0. The number of fused-ring (bicyclic) bond motifs is 4. The molecule has 2 unspecified atom stereocenters. The van der Waals surface area contributed by atoms with Gasteiger partial charge >= 0.3 is 0 Å². The van der Waals surface area contributed by atoms with E-state index in [1.807, 2.05) is 41.0 Å². The van der Waals surface area contributed by atoms with Crippen LogP contribution in [0.1, 0.15) is 23.2 Å². The summed E-state index contributed by atoms with van der Waals surface area (Å²) in [6.45, 7) is 3.28. The highest BCUT2D eigenvalue weighted by Gasteiger charge is 2.38. The number of hydrogen-bond donors (Lipinski definition) is 4. The average Bonchev–Trinajstić information content (AvgIpc) is 3.45. The molecule has 3 aliphatic heterocycles. The second-order valence-corrected chi connectivity index (χ2v) is 11.1. The van der Waals surface area contributed by atoms with Gasteiger partial charge in [0, 0.05) is 45.5 Å². The molecule has 43 heavy (non-hydrogen) atoms. The number of nitrogens with one attached hydrogen (secondary N) is 3. The first-order valence-electron chi connectivity index (χ1n) is 14.6. The first-order chi connectivity index (χ1) is 20.9. The Morgan fingerprint density at radius 3 is 2.70 bits per heavy atom. The van der Waals surface area contributed by atoms with Crippen molar-refractivity contribution in [3.8, 4) is 17.2 Å². The summed E-state index contributed by atoms with van der Waals surface area (Å²) in [4.78, 5) is 32.2. The summed E-state index contributed by atoms with van der Waals surface area (Å²) in [6.07, 6.45) is 5.04. The van der Waals surface area contributed by atoms with Crippen LogP contribution in [0.25, 0.3) is 27.4 Å². The van der Waals surface area contributed by atoms with Crippen LogP contribution in [0.15, 0.2) is 58.4 Å². The minimum atomic E-state index is -0.517. The standard InChI is InChI=1S/C30H30FN5O3.C2H6N2/c1-32-9-10-34-30(38)21-15-36-24-11-17-5-2-3-6-18(17)12-25(24)39-29-26(36)20(28(21)37)13-22(31)27(29)35-14-19-7-4-8-33-23(19)16-35;1-4-2-3/h2-3,5-6,11-13,15,19,23,32-33H,4,7-10,14,16H2,1H3,(H,34,38);2H,1H3,(H2,3,4). The number of carbonyl (C=O) groups is 1. The van der Waals surface area contributed by atoms with E-state index >= 15 is 4.39 Å². The van der Waals surface area contributed by atoms with Crippen LogP contribution in [0.4, 0.5) is 10.1 Å². The molecule has 10 nitrogen and oxygen atoms in total. The molecule has 0 saturated carbocycles. The van der Waals surface area contributed by atoms with E-state index in [-0.39, 0.29) is 10.9 Å². The van der Waals surface area contributed by atoms with Crippen molar-refractivity contribution < 1.29 is 13.9 Å². The van der Waals surface area contributed by atoms with Gasteiger partial charge in [-0.3, -0.25) is 14.6 Å². The maximum atomic E-state index is 16.0. The maximum absolute atomic E-state index is 16.0. The number of halogens is 1. The van der Waals surface area contributed by atoms with Crippen molar-refractivity contribution in [3.05, 3.63) is 70.3 Å². The predicted molar refractivity (Wildman–Crippen MR) is 169 cm³/mol. The van der Waals surface area contributed by atoms with Crippen molar-refractivity contribution in [2.45, 2.75) is 18.9 Å². The van der Waals surface area contributed by atoms with Gasteiger partial charge in [0.2, 0.25) is 5.43 Å². The van der Waals surface area contributed by atoms with Gasteiger partial charge < -0.3 is 35.9 Å². The summed E-state index contributed by atoms with van der Waals surface area (Å²) in [6, 6.07) is 13.4. The molecule has 0 aliphatic carbocycles. The van der Waals surface area contributed by atoms with E-state index in [1.54, 1.807) is 20.3 Å². The number of ether oxygens (including phenoxy) is 1. The van der Waals surface area contributed by atoms with Crippen molar-refractivity contribution in [2.75, 3.05) is 51.7 Å². The number of amides is 1. The molecule has 5 N–H and O–H groups in total. The van der Waals surface area contributed by atoms with Crippen LogP contribution < -0.4 is 36.7 Å². The quantitative estimate of drug-likeness (QED) is 0.142. The lowest BCUT2D eigenvalue weighted by Crippen LogP contribution is -2.40. The third-order valence-corrected chi connectivity index (χ3v) is 8.44.